The summed E-state index contributed by atoms with van der Waals surface area (Å²) in [6.07, 6.45) is 0. The molecule has 134 valence electrons. The van der Waals surface area contributed by atoms with E-state index in [1.165, 1.54) is 0 Å². The molecule has 0 atom stereocenters. The van der Waals surface area contributed by atoms with Crippen LogP contribution in [-0.2, 0) is 11.3 Å². The molecule has 0 bridgehead atoms. The molecule has 0 aliphatic rings. The molecule has 7 heteroatoms. The maximum atomic E-state index is 12.0. The van der Waals surface area contributed by atoms with Crippen LogP contribution in [0.3, 0.4) is 0 Å². The first-order valence-electron chi connectivity index (χ1n) is 8.04. The van der Waals surface area contributed by atoms with E-state index in [0.29, 0.717) is 35.6 Å². The van der Waals surface area contributed by atoms with Crippen LogP contribution in [0.1, 0.15) is 33.3 Å². The zero-order valence-corrected chi connectivity index (χ0v) is 16.2. The number of guanidine groups is 1. The van der Waals surface area contributed by atoms with Gasteiger partial charge in [0, 0.05) is 29.7 Å². The molecular weight excluding hydrogens is 347 g/mol. The SMILES string of the molecule is CCNC(=O)C(C)(C)CNC(=NCc1ccc(Cl)cc1Cl)NCC. The normalized spacial score (nSPS) is 12.0. The topological polar surface area (TPSA) is 65.5 Å². The van der Waals surface area contributed by atoms with E-state index in [9.17, 15) is 4.79 Å². The number of aliphatic imine (C=N–C) groups is 1. The van der Waals surface area contributed by atoms with Crippen molar-refractivity contribution in [2.24, 2.45) is 10.4 Å². The fourth-order valence-corrected chi connectivity index (χ4v) is 2.41. The maximum Gasteiger partial charge on any atom is 0.227 e. The molecule has 0 aliphatic heterocycles. The van der Waals surface area contributed by atoms with Crippen molar-refractivity contribution in [2.45, 2.75) is 34.2 Å². The quantitative estimate of drug-likeness (QED) is 0.508. The monoisotopic (exact) mass is 372 g/mol. The average molecular weight is 373 g/mol. The Kier molecular flexibility index (Phi) is 8.36. The van der Waals surface area contributed by atoms with E-state index in [4.69, 9.17) is 23.2 Å². The molecule has 0 saturated carbocycles. The molecule has 0 aliphatic carbocycles. The van der Waals surface area contributed by atoms with Gasteiger partial charge in [-0.25, -0.2) is 4.99 Å². The molecular formula is C17H26Cl2N4O. The molecule has 3 N–H and O–H groups in total. The first-order chi connectivity index (χ1) is 11.3. The van der Waals surface area contributed by atoms with Gasteiger partial charge in [0.1, 0.15) is 0 Å². The van der Waals surface area contributed by atoms with Crippen LogP contribution in [0.2, 0.25) is 10.0 Å². The highest BCUT2D eigenvalue weighted by molar-refractivity contribution is 6.35. The molecule has 5 nitrogen and oxygen atoms in total. The standard InChI is InChI=1S/C17H26Cl2N4O/c1-5-20-15(24)17(3,4)11-23-16(21-6-2)22-10-12-7-8-13(18)9-14(12)19/h7-9H,5-6,10-11H2,1-4H3,(H,20,24)(H2,21,22,23). The number of halogens is 2. The molecule has 1 rings (SSSR count). The number of hydrogen-bond acceptors (Lipinski definition) is 2. The van der Waals surface area contributed by atoms with E-state index >= 15 is 0 Å². The van der Waals surface area contributed by atoms with Gasteiger partial charge in [-0.05, 0) is 45.4 Å². The predicted molar refractivity (Wildman–Crippen MR) is 102 cm³/mol. The van der Waals surface area contributed by atoms with Crippen LogP contribution in [0, 0.1) is 5.41 Å². The van der Waals surface area contributed by atoms with E-state index in [1.807, 2.05) is 33.8 Å². The molecule has 0 fully saturated rings. The summed E-state index contributed by atoms with van der Waals surface area (Å²) in [7, 11) is 0. The zero-order valence-electron chi connectivity index (χ0n) is 14.7. The van der Waals surface area contributed by atoms with Gasteiger partial charge < -0.3 is 16.0 Å². The molecule has 0 unspecified atom stereocenters. The highest BCUT2D eigenvalue weighted by Crippen LogP contribution is 2.21. The van der Waals surface area contributed by atoms with Crippen molar-refractivity contribution in [1.29, 1.82) is 0 Å². The van der Waals surface area contributed by atoms with Crippen LogP contribution in [0.4, 0.5) is 0 Å². The molecule has 0 saturated heterocycles. The fourth-order valence-electron chi connectivity index (χ4n) is 1.94. The third kappa shape index (κ3) is 6.57. The van der Waals surface area contributed by atoms with Crippen molar-refractivity contribution in [3.63, 3.8) is 0 Å². The minimum atomic E-state index is -0.538. The number of carbonyl (C=O) groups is 1. The summed E-state index contributed by atoms with van der Waals surface area (Å²) in [6, 6.07) is 5.35. The van der Waals surface area contributed by atoms with Gasteiger partial charge in [0.05, 0.1) is 12.0 Å². The van der Waals surface area contributed by atoms with Crippen molar-refractivity contribution < 1.29 is 4.79 Å². The fraction of sp³-hybridized carbons (Fsp3) is 0.529. The van der Waals surface area contributed by atoms with Crippen LogP contribution < -0.4 is 16.0 Å². The summed E-state index contributed by atoms with van der Waals surface area (Å²) in [5, 5.41) is 10.4. The smallest absolute Gasteiger partial charge is 0.227 e. The Morgan fingerprint density at radius 3 is 2.38 bits per heavy atom. The van der Waals surface area contributed by atoms with Gasteiger partial charge in [0.15, 0.2) is 5.96 Å². The maximum absolute atomic E-state index is 12.0. The van der Waals surface area contributed by atoms with Gasteiger partial charge in [-0.15, -0.1) is 0 Å². The van der Waals surface area contributed by atoms with E-state index in [1.54, 1.807) is 12.1 Å². The lowest BCUT2D eigenvalue weighted by molar-refractivity contribution is -0.128. The minimum absolute atomic E-state index is 0.00842. The van der Waals surface area contributed by atoms with Gasteiger partial charge in [-0.1, -0.05) is 29.3 Å². The van der Waals surface area contributed by atoms with E-state index < -0.39 is 5.41 Å². The molecule has 1 aromatic rings. The second-order valence-electron chi connectivity index (χ2n) is 6.03. The lowest BCUT2D eigenvalue weighted by Gasteiger charge is -2.24. The molecule has 0 aromatic heterocycles. The van der Waals surface area contributed by atoms with Crippen molar-refractivity contribution in [2.75, 3.05) is 19.6 Å². The Balaban J connectivity index is 2.74. The Bertz CT molecular complexity index is 588. The predicted octanol–water partition coefficient (Wildman–Crippen LogP) is 3.21. The molecule has 0 heterocycles. The summed E-state index contributed by atoms with van der Waals surface area (Å²) < 4.78 is 0. The Hall–Kier alpha value is -1.46. The number of carbonyl (C=O) groups excluding carboxylic acids is 1. The van der Waals surface area contributed by atoms with Gasteiger partial charge in [0.25, 0.3) is 0 Å². The van der Waals surface area contributed by atoms with Crippen LogP contribution in [0.15, 0.2) is 23.2 Å². The van der Waals surface area contributed by atoms with E-state index in [0.717, 1.165) is 12.1 Å². The number of rotatable bonds is 7. The number of nitrogens with zero attached hydrogens (tertiary/aromatic N) is 1. The molecule has 1 aromatic carbocycles. The van der Waals surface area contributed by atoms with E-state index in [-0.39, 0.29) is 5.91 Å². The third-order valence-corrected chi connectivity index (χ3v) is 4.00. The van der Waals surface area contributed by atoms with Gasteiger partial charge >= 0.3 is 0 Å². The average Bonchev–Trinajstić information content (AvgIpc) is 2.51. The number of hydrogen-bond donors (Lipinski definition) is 3. The summed E-state index contributed by atoms with van der Waals surface area (Å²) >= 11 is 12.1. The van der Waals surface area contributed by atoms with Crippen molar-refractivity contribution >= 4 is 35.1 Å². The molecule has 1 amide bonds. The summed E-state index contributed by atoms with van der Waals surface area (Å²) in [5.74, 6) is 0.648. The highest BCUT2D eigenvalue weighted by Gasteiger charge is 2.27. The van der Waals surface area contributed by atoms with Gasteiger partial charge in [0.2, 0.25) is 5.91 Å². The summed E-state index contributed by atoms with van der Waals surface area (Å²) in [5.41, 5.74) is 0.352. The van der Waals surface area contributed by atoms with Crippen LogP contribution >= 0.6 is 23.2 Å². The first kappa shape index (κ1) is 20.6. The Labute approximate surface area is 154 Å². The molecule has 24 heavy (non-hydrogen) atoms. The number of nitrogens with one attached hydrogen (secondary N) is 3. The third-order valence-electron chi connectivity index (χ3n) is 3.42. The lowest BCUT2D eigenvalue weighted by atomic mass is 9.92. The number of benzene rings is 1. The van der Waals surface area contributed by atoms with Crippen LogP contribution in [-0.4, -0.2) is 31.5 Å². The van der Waals surface area contributed by atoms with E-state index in [2.05, 4.69) is 20.9 Å². The van der Waals surface area contributed by atoms with Gasteiger partial charge in [-0.2, -0.15) is 0 Å². The van der Waals surface area contributed by atoms with Gasteiger partial charge in [-0.3, -0.25) is 4.79 Å². The number of amides is 1. The Morgan fingerprint density at radius 1 is 1.12 bits per heavy atom. The highest BCUT2D eigenvalue weighted by atomic mass is 35.5. The van der Waals surface area contributed by atoms with Crippen molar-refractivity contribution in [3.8, 4) is 0 Å². The Morgan fingerprint density at radius 2 is 1.79 bits per heavy atom. The van der Waals surface area contributed by atoms with Crippen LogP contribution in [0.5, 0.6) is 0 Å². The second-order valence-corrected chi connectivity index (χ2v) is 6.87. The molecule has 0 spiro atoms. The first-order valence-corrected chi connectivity index (χ1v) is 8.80. The lowest BCUT2D eigenvalue weighted by Crippen LogP contribution is -2.47. The molecule has 0 radical (unpaired) electrons. The van der Waals surface area contributed by atoms with Crippen molar-refractivity contribution in [1.82, 2.24) is 16.0 Å². The zero-order chi connectivity index (χ0) is 18.2. The second kappa shape index (κ2) is 9.74. The summed E-state index contributed by atoms with van der Waals surface area (Å²) in [6.45, 7) is 9.92. The largest absolute Gasteiger partial charge is 0.357 e. The van der Waals surface area contributed by atoms with Crippen molar-refractivity contribution in [3.05, 3.63) is 33.8 Å². The van der Waals surface area contributed by atoms with Crippen LogP contribution in [0.25, 0.3) is 0 Å². The minimum Gasteiger partial charge on any atom is -0.357 e. The summed E-state index contributed by atoms with van der Waals surface area (Å²) in [4.78, 5) is 16.6.